The second-order valence-corrected chi connectivity index (χ2v) is 8.71. The Morgan fingerprint density at radius 3 is 2.88 bits per heavy atom. The molecule has 1 N–H and O–H groups in total. The smallest absolute Gasteiger partial charge is 0.137 e. The number of benzene rings is 1. The molecule has 0 amide bonds. The zero-order valence-electron chi connectivity index (χ0n) is 18.0. The average Bonchev–Trinajstić information content (AvgIpc) is 3.58. The van der Waals surface area contributed by atoms with Crippen molar-refractivity contribution in [1.29, 1.82) is 0 Å². The van der Waals surface area contributed by atoms with Gasteiger partial charge in [-0.3, -0.25) is 4.90 Å². The fraction of sp³-hybridized carbons (Fsp3) is 0.333. The summed E-state index contributed by atoms with van der Waals surface area (Å²) in [5.41, 5.74) is 2.78. The van der Waals surface area contributed by atoms with Gasteiger partial charge in [0.15, 0.2) is 0 Å². The van der Waals surface area contributed by atoms with E-state index in [0.29, 0.717) is 24.2 Å². The summed E-state index contributed by atoms with van der Waals surface area (Å²) >= 11 is 0. The lowest BCUT2D eigenvalue weighted by Gasteiger charge is -2.31. The highest BCUT2D eigenvalue weighted by Crippen LogP contribution is 2.38. The molecule has 4 aromatic rings. The van der Waals surface area contributed by atoms with Crippen molar-refractivity contribution in [2.45, 2.75) is 38.2 Å². The number of halogens is 2. The molecule has 0 radical (unpaired) electrons. The summed E-state index contributed by atoms with van der Waals surface area (Å²) in [5, 5.41) is 15.6. The molecule has 0 saturated carbocycles. The highest BCUT2D eigenvalue weighted by molar-refractivity contribution is 5.64. The van der Waals surface area contributed by atoms with Crippen LogP contribution in [0.4, 0.5) is 14.5 Å². The van der Waals surface area contributed by atoms with E-state index >= 15 is 0 Å². The van der Waals surface area contributed by atoms with Crippen molar-refractivity contribution in [2.75, 3.05) is 18.0 Å². The van der Waals surface area contributed by atoms with Gasteiger partial charge in [-0.2, -0.15) is 5.10 Å². The number of aliphatic hydroxyl groups excluding tert-OH is 1. The molecule has 6 rings (SSSR count). The minimum Gasteiger partial charge on any atom is -0.374 e. The third-order valence-corrected chi connectivity index (χ3v) is 6.83. The molecule has 2 aliphatic heterocycles. The Balaban J connectivity index is 1.32. The van der Waals surface area contributed by atoms with E-state index in [-0.39, 0.29) is 6.04 Å². The van der Waals surface area contributed by atoms with Crippen LogP contribution in [0.5, 0.6) is 0 Å². The van der Waals surface area contributed by atoms with Crippen LogP contribution in [0.15, 0.2) is 55.1 Å². The summed E-state index contributed by atoms with van der Waals surface area (Å²) in [7, 11) is 0. The lowest BCUT2D eigenvalue weighted by Crippen LogP contribution is -2.36. The fourth-order valence-corrected chi connectivity index (χ4v) is 5.13. The highest BCUT2D eigenvalue weighted by atomic mass is 19.1. The molecule has 7 nitrogen and oxygen atoms in total. The molecular formula is C24H24F2N6O. The molecule has 2 aliphatic rings. The Morgan fingerprint density at radius 1 is 1.06 bits per heavy atom. The van der Waals surface area contributed by atoms with Crippen LogP contribution in [0.3, 0.4) is 0 Å². The quantitative estimate of drug-likeness (QED) is 0.514. The molecule has 0 bridgehead atoms. The minimum absolute atomic E-state index is 0.236. The van der Waals surface area contributed by atoms with Crippen molar-refractivity contribution in [2.24, 2.45) is 0 Å². The van der Waals surface area contributed by atoms with Crippen LogP contribution in [0.1, 0.15) is 42.1 Å². The first kappa shape index (κ1) is 20.3. The van der Waals surface area contributed by atoms with Gasteiger partial charge in [-0.1, -0.05) is 0 Å². The molecule has 1 fully saturated rings. The molecule has 9 heteroatoms. The Hall–Kier alpha value is -3.30. The summed E-state index contributed by atoms with van der Waals surface area (Å²) in [6.07, 6.45) is 8.09. The third-order valence-electron chi connectivity index (χ3n) is 6.83. The van der Waals surface area contributed by atoms with E-state index in [9.17, 15) is 13.9 Å². The van der Waals surface area contributed by atoms with Gasteiger partial charge in [0.05, 0.1) is 24.3 Å². The van der Waals surface area contributed by atoms with Gasteiger partial charge in [0, 0.05) is 55.0 Å². The first-order valence-corrected chi connectivity index (χ1v) is 11.2. The number of imidazole rings is 1. The molecule has 33 heavy (non-hydrogen) atoms. The van der Waals surface area contributed by atoms with Gasteiger partial charge >= 0.3 is 0 Å². The number of hydrogen-bond acceptors (Lipinski definition) is 5. The zero-order valence-corrected chi connectivity index (χ0v) is 18.0. The number of aliphatic hydroxyl groups is 1. The van der Waals surface area contributed by atoms with Crippen molar-refractivity contribution < 1.29 is 13.9 Å². The Bertz CT molecular complexity index is 1320. The molecule has 1 aromatic carbocycles. The van der Waals surface area contributed by atoms with Crippen LogP contribution in [-0.4, -0.2) is 42.3 Å². The summed E-state index contributed by atoms with van der Waals surface area (Å²) in [5.74, 6) is 0.102. The van der Waals surface area contributed by atoms with Gasteiger partial charge in [0.1, 0.15) is 23.7 Å². The number of fused-ring (bicyclic) bond motifs is 2. The average molecular weight is 450 g/mol. The molecule has 0 spiro atoms. The normalized spacial score (nSPS) is 19.8. The maximum atomic E-state index is 14.5. The summed E-state index contributed by atoms with van der Waals surface area (Å²) in [4.78, 5) is 8.46. The van der Waals surface area contributed by atoms with Crippen LogP contribution in [0.2, 0.25) is 0 Å². The standard InChI is InChI=1S/C24H24F2N6O/c25-16-3-4-20(26)18(12-16)21-2-1-7-31(21)17-5-8-32-22(13-17)19(14-28-32)24(33)30-11-10-29-9-6-27-23(29)15-30/h3-6,8-9,12-14,21,24,33H,1-2,7,10-11,15H2. The maximum Gasteiger partial charge on any atom is 0.137 e. The first-order valence-electron chi connectivity index (χ1n) is 11.2. The van der Waals surface area contributed by atoms with Gasteiger partial charge in [0.25, 0.3) is 0 Å². The van der Waals surface area contributed by atoms with E-state index < -0.39 is 17.9 Å². The third kappa shape index (κ3) is 3.48. The van der Waals surface area contributed by atoms with Crippen molar-refractivity contribution in [3.05, 3.63) is 83.7 Å². The Kier molecular flexibility index (Phi) is 4.88. The van der Waals surface area contributed by atoms with Gasteiger partial charge in [-0.25, -0.2) is 18.3 Å². The van der Waals surface area contributed by atoms with Crippen molar-refractivity contribution >= 4 is 11.2 Å². The van der Waals surface area contributed by atoms with E-state index in [1.54, 1.807) is 16.9 Å². The molecule has 0 aliphatic carbocycles. The lowest BCUT2D eigenvalue weighted by atomic mass is 10.0. The van der Waals surface area contributed by atoms with E-state index in [4.69, 9.17) is 0 Å². The number of nitrogens with zero attached hydrogens (tertiary/aromatic N) is 6. The van der Waals surface area contributed by atoms with Crippen molar-refractivity contribution in [1.82, 2.24) is 24.1 Å². The predicted molar refractivity (Wildman–Crippen MR) is 118 cm³/mol. The van der Waals surface area contributed by atoms with E-state index in [1.165, 1.54) is 12.1 Å². The van der Waals surface area contributed by atoms with Crippen LogP contribution in [0, 0.1) is 11.6 Å². The highest BCUT2D eigenvalue weighted by Gasteiger charge is 2.30. The lowest BCUT2D eigenvalue weighted by molar-refractivity contribution is -0.0156. The second kappa shape index (κ2) is 7.93. The number of aromatic nitrogens is 4. The Morgan fingerprint density at radius 2 is 1.97 bits per heavy atom. The molecule has 2 unspecified atom stereocenters. The number of hydrogen-bond donors (Lipinski definition) is 1. The summed E-state index contributed by atoms with van der Waals surface area (Å²) in [6, 6.07) is 7.32. The minimum atomic E-state index is -0.821. The monoisotopic (exact) mass is 450 g/mol. The topological polar surface area (TPSA) is 61.8 Å². The van der Waals surface area contributed by atoms with Gasteiger partial charge in [-0.15, -0.1) is 0 Å². The summed E-state index contributed by atoms with van der Waals surface area (Å²) in [6.45, 7) is 2.77. The van der Waals surface area contributed by atoms with Crippen LogP contribution in [0.25, 0.3) is 5.52 Å². The van der Waals surface area contributed by atoms with Gasteiger partial charge in [-0.05, 0) is 43.2 Å². The fourth-order valence-electron chi connectivity index (χ4n) is 5.13. The zero-order chi connectivity index (χ0) is 22.5. The van der Waals surface area contributed by atoms with E-state index in [1.807, 2.05) is 29.4 Å². The SMILES string of the molecule is OC(c1cnn2ccc(N3CCCC3c3cc(F)ccc3F)cc12)N1CCn2ccnc2C1. The van der Waals surface area contributed by atoms with Crippen molar-refractivity contribution in [3.8, 4) is 0 Å². The summed E-state index contributed by atoms with van der Waals surface area (Å²) < 4.78 is 32.2. The maximum absolute atomic E-state index is 14.5. The van der Waals surface area contributed by atoms with Gasteiger partial charge < -0.3 is 14.6 Å². The largest absolute Gasteiger partial charge is 0.374 e. The van der Waals surface area contributed by atoms with Crippen LogP contribution >= 0.6 is 0 Å². The molecule has 1 saturated heterocycles. The number of anilines is 1. The van der Waals surface area contributed by atoms with Crippen LogP contribution < -0.4 is 4.90 Å². The molecule has 2 atom stereocenters. The Labute approximate surface area is 189 Å². The van der Waals surface area contributed by atoms with Crippen LogP contribution in [-0.2, 0) is 13.1 Å². The second-order valence-electron chi connectivity index (χ2n) is 8.71. The molecule has 5 heterocycles. The van der Waals surface area contributed by atoms with E-state index in [2.05, 4.69) is 19.5 Å². The molecule has 170 valence electrons. The first-order chi connectivity index (χ1) is 16.1. The van der Waals surface area contributed by atoms with Gasteiger partial charge in [0.2, 0.25) is 0 Å². The molecular weight excluding hydrogens is 426 g/mol. The number of rotatable bonds is 4. The van der Waals surface area contributed by atoms with E-state index in [0.717, 1.165) is 49.0 Å². The number of pyridine rings is 1. The predicted octanol–water partition coefficient (Wildman–Crippen LogP) is 3.66. The van der Waals surface area contributed by atoms with Crippen molar-refractivity contribution in [3.63, 3.8) is 0 Å². The molecule has 3 aromatic heterocycles.